The molecule has 2 aromatic carbocycles. The van der Waals surface area contributed by atoms with Gasteiger partial charge in [0, 0.05) is 23.2 Å². The third-order valence-corrected chi connectivity index (χ3v) is 5.14. The Hall–Kier alpha value is -3.79. The Labute approximate surface area is 160 Å². The van der Waals surface area contributed by atoms with Crippen LogP contribution in [0.1, 0.15) is 37.4 Å². The van der Waals surface area contributed by atoms with E-state index in [1.54, 1.807) is 18.2 Å². The molecule has 1 aliphatic heterocycles. The lowest BCUT2D eigenvalue weighted by atomic mass is 9.96. The number of benzene rings is 2. The molecule has 0 fully saturated rings. The molecule has 0 atom stereocenters. The summed E-state index contributed by atoms with van der Waals surface area (Å²) in [5.74, 6) is -0.844. The maximum atomic E-state index is 12.5. The maximum Gasteiger partial charge on any atom is 0.335 e. The molecular formula is C21H17N3O4. The van der Waals surface area contributed by atoms with Crippen LogP contribution in [0.25, 0.3) is 22.2 Å². The number of nitrogens with one attached hydrogen (secondary N) is 2. The molecule has 0 aliphatic carbocycles. The number of carboxylic acids is 1. The average molecular weight is 375 g/mol. The quantitative estimate of drug-likeness (QED) is 0.651. The van der Waals surface area contributed by atoms with Gasteiger partial charge in [0.05, 0.1) is 35.4 Å². The highest BCUT2D eigenvalue weighted by Gasteiger charge is 2.25. The van der Waals surface area contributed by atoms with Gasteiger partial charge >= 0.3 is 5.97 Å². The zero-order valence-electron chi connectivity index (χ0n) is 15.3. The SMILES string of the molecule is COc1cc(C(=O)O)cc(-c2[nH]c3c(C)c(C#N)cc4c3c2CCNC4=O)c1. The number of nitriles is 1. The summed E-state index contributed by atoms with van der Waals surface area (Å²) in [6.07, 6.45) is 0.582. The summed E-state index contributed by atoms with van der Waals surface area (Å²) in [5, 5.41) is 22.5. The van der Waals surface area contributed by atoms with Gasteiger partial charge in [-0.05, 0) is 48.7 Å². The summed E-state index contributed by atoms with van der Waals surface area (Å²) in [6, 6.07) is 8.55. The van der Waals surface area contributed by atoms with E-state index in [1.165, 1.54) is 13.2 Å². The Bertz CT molecular complexity index is 1200. The second kappa shape index (κ2) is 6.43. The van der Waals surface area contributed by atoms with Crippen LogP contribution in [0.3, 0.4) is 0 Å². The van der Waals surface area contributed by atoms with Crippen molar-refractivity contribution in [3.8, 4) is 23.1 Å². The fraction of sp³-hybridized carbons (Fsp3) is 0.190. The molecule has 1 aromatic heterocycles. The number of methoxy groups -OCH3 is 1. The van der Waals surface area contributed by atoms with Crippen LogP contribution in [0.2, 0.25) is 0 Å². The molecule has 0 radical (unpaired) electrons. The standard InChI is InChI=1S/C21H17N3O4/c1-10-13(9-22)8-16-17-15(3-4-23-20(16)25)19(24-18(10)17)11-5-12(21(26)27)7-14(6-11)28-2/h5-8,24H,3-4H2,1-2H3,(H,23,25)(H,26,27). The van der Waals surface area contributed by atoms with Crippen molar-refractivity contribution in [1.29, 1.82) is 5.26 Å². The summed E-state index contributed by atoms with van der Waals surface area (Å²) < 4.78 is 5.27. The number of amides is 1. The Balaban J connectivity index is 2.09. The van der Waals surface area contributed by atoms with E-state index in [9.17, 15) is 20.0 Å². The molecule has 3 aromatic rings. The lowest BCUT2D eigenvalue weighted by Gasteiger charge is -2.08. The Kier molecular flexibility index (Phi) is 4.04. The first-order valence-electron chi connectivity index (χ1n) is 8.73. The number of hydrogen-bond acceptors (Lipinski definition) is 4. The molecule has 0 unspecified atom stereocenters. The summed E-state index contributed by atoms with van der Waals surface area (Å²) >= 11 is 0. The lowest BCUT2D eigenvalue weighted by Crippen LogP contribution is -2.23. The summed E-state index contributed by atoms with van der Waals surface area (Å²) in [7, 11) is 1.48. The zero-order valence-corrected chi connectivity index (χ0v) is 15.3. The number of ether oxygens (including phenoxy) is 1. The molecule has 3 N–H and O–H groups in total. The van der Waals surface area contributed by atoms with Crippen molar-refractivity contribution in [2.75, 3.05) is 13.7 Å². The number of carbonyl (C=O) groups is 2. The van der Waals surface area contributed by atoms with Gasteiger partial charge in [-0.25, -0.2) is 4.79 Å². The van der Waals surface area contributed by atoms with Crippen LogP contribution in [-0.2, 0) is 6.42 Å². The molecule has 28 heavy (non-hydrogen) atoms. The third-order valence-electron chi connectivity index (χ3n) is 5.14. The highest BCUT2D eigenvalue weighted by atomic mass is 16.5. The Morgan fingerprint density at radius 2 is 2.07 bits per heavy atom. The van der Waals surface area contributed by atoms with Crippen molar-refractivity contribution in [1.82, 2.24) is 10.3 Å². The number of rotatable bonds is 3. The van der Waals surface area contributed by atoms with E-state index in [4.69, 9.17) is 4.74 Å². The number of aromatic carboxylic acids is 1. The molecule has 4 rings (SSSR count). The van der Waals surface area contributed by atoms with Crippen molar-refractivity contribution >= 4 is 22.8 Å². The largest absolute Gasteiger partial charge is 0.497 e. The van der Waals surface area contributed by atoms with Gasteiger partial charge in [-0.1, -0.05) is 0 Å². The van der Waals surface area contributed by atoms with Gasteiger partial charge in [-0.3, -0.25) is 4.79 Å². The molecule has 0 spiro atoms. The van der Waals surface area contributed by atoms with Crippen molar-refractivity contribution < 1.29 is 19.4 Å². The first kappa shape index (κ1) is 17.6. The molecule has 2 heterocycles. The highest BCUT2D eigenvalue weighted by Crippen LogP contribution is 2.38. The number of hydrogen-bond donors (Lipinski definition) is 3. The van der Waals surface area contributed by atoms with E-state index in [1.807, 2.05) is 6.92 Å². The first-order chi connectivity index (χ1) is 13.4. The highest BCUT2D eigenvalue weighted by molar-refractivity contribution is 6.11. The Morgan fingerprint density at radius 3 is 2.75 bits per heavy atom. The normalized spacial score (nSPS) is 13.0. The minimum Gasteiger partial charge on any atom is -0.497 e. The number of nitrogens with zero attached hydrogens (tertiary/aromatic N) is 1. The van der Waals surface area contributed by atoms with Crippen LogP contribution in [-0.4, -0.2) is 35.6 Å². The summed E-state index contributed by atoms with van der Waals surface area (Å²) in [5.41, 5.74) is 4.76. The van der Waals surface area contributed by atoms with E-state index >= 15 is 0 Å². The summed E-state index contributed by atoms with van der Waals surface area (Å²) in [4.78, 5) is 27.4. The van der Waals surface area contributed by atoms with E-state index in [-0.39, 0.29) is 11.5 Å². The second-order valence-electron chi connectivity index (χ2n) is 6.70. The smallest absolute Gasteiger partial charge is 0.335 e. The number of aryl methyl sites for hydroxylation is 1. The van der Waals surface area contributed by atoms with Crippen LogP contribution in [0.5, 0.6) is 5.75 Å². The molecule has 0 saturated heterocycles. The molecule has 0 bridgehead atoms. The van der Waals surface area contributed by atoms with E-state index in [0.717, 1.165) is 27.7 Å². The van der Waals surface area contributed by atoms with Gasteiger partial charge in [0.15, 0.2) is 0 Å². The van der Waals surface area contributed by atoms with Crippen LogP contribution in [0, 0.1) is 18.3 Å². The number of aromatic nitrogens is 1. The topological polar surface area (TPSA) is 115 Å². The lowest BCUT2D eigenvalue weighted by molar-refractivity contribution is 0.0696. The minimum atomic E-state index is -1.05. The monoisotopic (exact) mass is 375 g/mol. The van der Waals surface area contributed by atoms with Gasteiger partial charge < -0.3 is 20.1 Å². The second-order valence-corrected chi connectivity index (χ2v) is 6.70. The van der Waals surface area contributed by atoms with Gasteiger partial charge in [0.2, 0.25) is 0 Å². The minimum absolute atomic E-state index is 0.109. The van der Waals surface area contributed by atoms with Crippen LogP contribution in [0.15, 0.2) is 24.3 Å². The molecule has 1 aliphatic rings. The third kappa shape index (κ3) is 2.58. The first-order valence-corrected chi connectivity index (χ1v) is 8.73. The van der Waals surface area contributed by atoms with Gasteiger partial charge in [-0.2, -0.15) is 5.26 Å². The molecule has 0 saturated carbocycles. The predicted molar refractivity (Wildman–Crippen MR) is 103 cm³/mol. The van der Waals surface area contributed by atoms with Crippen molar-refractivity contribution in [3.63, 3.8) is 0 Å². The fourth-order valence-electron chi connectivity index (χ4n) is 3.75. The number of H-pyrrole nitrogens is 1. The van der Waals surface area contributed by atoms with E-state index in [2.05, 4.69) is 16.4 Å². The molecular weight excluding hydrogens is 358 g/mol. The van der Waals surface area contributed by atoms with Gasteiger partial charge in [0.1, 0.15) is 5.75 Å². The molecule has 7 heteroatoms. The van der Waals surface area contributed by atoms with Crippen LogP contribution in [0.4, 0.5) is 0 Å². The van der Waals surface area contributed by atoms with Gasteiger partial charge in [-0.15, -0.1) is 0 Å². The average Bonchev–Trinajstić information content (AvgIpc) is 2.99. The molecule has 1 amide bonds. The number of carbonyl (C=O) groups excluding carboxylic acids is 1. The van der Waals surface area contributed by atoms with Crippen molar-refractivity contribution in [3.05, 3.63) is 52.1 Å². The Morgan fingerprint density at radius 1 is 1.29 bits per heavy atom. The zero-order chi connectivity index (χ0) is 20.0. The number of aromatic amines is 1. The van der Waals surface area contributed by atoms with E-state index in [0.29, 0.717) is 35.4 Å². The fourth-order valence-corrected chi connectivity index (χ4v) is 3.75. The predicted octanol–water partition coefficient (Wildman–Crippen LogP) is 3.01. The van der Waals surface area contributed by atoms with Crippen molar-refractivity contribution in [2.45, 2.75) is 13.3 Å². The maximum absolute atomic E-state index is 12.5. The van der Waals surface area contributed by atoms with Crippen LogP contribution < -0.4 is 10.1 Å². The van der Waals surface area contributed by atoms with Gasteiger partial charge in [0.25, 0.3) is 5.91 Å². The van der Waals surface area contributed by atoms with E-state index < -0.39 is 5.97 Å². The molecule has 7 nitrogen and oxygen atoms in total. The molecule has 140 valence electrons. The van der Waals surface area contributed by atoms with Crippen molar-refractivity contribution in [2.24, 2.45) is 0 Å². The number of carboxylic acid groups (broad SMARTS) is 1. The summed E-state index contributed by atoms with van der Waals surface area (Å²) in [6.45, 7) is 2.28. The van der Waals surface area contributed by atoms with Crippen LogP contribution >= 0.6 is 0 Å².